The summed E-state index contributed by atoms with van der Waals surface area (Å²) in [5.41, 5.74) is 1.86. The topological polar surface area (TPSA) is 54.3 Å². The predicted octanol–water partition coefficient (Wildman–Crippen LogP) is 1.62. The lowest BCUT2D eigenvalue weighted by molar-refractivity contribution is -0.0869. The fourth-order valence-corrected chi connectivity index (χ4v) is 1.93. The molecule has 1 fully saturated rings. The monoisotopic (exact) mass is 246 g/mol. The van der Waals surface area contributed by atoms with E-state index in [4.69, 9.17) is 14.7 Å². The van der Waals surface area contributed by atoms with Crippen molar-refractivity contribution in [1.82, 2.24) is 5.32 Å². The molecule has 0 radical (unpaired) electrons. The Bertz CT molecular complexity index is 405. The molecule has 0 bridgehead atoms. The summed E-state index contributed by atoms with van der Waals surface area (Å²) in [4.78, 5) is 0. The van der Waals surface area contributed by atoms with Crippen LogP contribution in [-0.4, -0.2) is 32.5 Å². The summed E-state index contributed by atoms with van der Waals surface area (Å²) in [7, 11) is 0. The molecular weight excluding hydrogens is 228 g/mol. The summed E-state index contributed by atoms with van der Waals surface area (Å²) in [6.07, 6.45) is 0.139. The molecule has 18 heavy (non-hydrogen) atoms. The minimum Gasteiger partial charge on any atom is -0.376 e. The maximum Gasteiger partial charge on any atom is 0.0991 e. The molecule has 1 N–H and O–H groups in total. The zero-order valence-corrected chi connectivity index (χ0v) is 10.6. The summed E-state index contributed by atoms with van der Waals surface area (Å²) in [6.45, 7) is 4.92. The van der Waals surface area contributed by atoms with Gasteiger partial charge in [-0.05, 0) is 24.6 Å². The van der Waals surface area contributed by atoms with Gasteiger partial charge < -0.3 is 14.8 Å². The molecule has 0 spiro atoms. The first-order valence-corrected chi connectivity index (χ1v) is 6.22. The number of nitrogens with one attached hydrogen (secondary N) is 1. The van der Waals surface area contributed by atoms with Crippen LogP contribution < -0.4 is 5.32 Å². The molecule has 1 saturated heterocycles. The lowest BCUT2D eigenvalue weighted by atomic mass is 10.1. The summed E-state index contributed by atoms with van der Waals surface area (Å²) in [6, 6.07) is 10.0. The number of benzene rings is 1. The van der Waals surface area contributed by atoms with Crippen LogP contribution in [-0.2, 0) is 9.47 Å². The Morgan fingerprint density at radius 2 is 2.17 bits per heavy atom. The molecule has 1 aromatic rings. The number of ether oxygens (including phenoxy) is 2. The molecule has 4 nitrogen and oxygen atoms in total. The second kappa shape index (κ2) is 6.50. The standard InChI is InChI=1S/C14H18N2O2/c1-11(13-4-2-12(8-15)3-5-13)16-9-14-10-17-6-7-18-14/h2-5,11,14,16H,6-7,9-10H2,1H3. The van der Waals surface area contributed by atoms with Gasteiger partial charge >= 0.3 is 0 Å². The van der Waals surface area contributed by atoms with Gasteiger partial charge in [-0.2, -0.15) is 5.26 Å². The quantitative estimate of drug-likeness (QED) is 0.877. The number of hydrogen-bond donors (Lipinski definition) is 1. The Labute approximate surface area is 108 Å². The van der Waals surface area contributed by atoms with Gasteiger partial charge in [-0.3, -0.25) is 0 Å². The van der Waals surface area contributed by atoms with E-state index < -0.39 is 0 Å². The van der Waals surface area contributed by atoms with Gasteiger partial charge in [0.25, 0.3) is 0 Å². The molecule has 0 saturated carbocycles. The van der Waals surface area contributed by atoms with E-state index in [1.165, 1.54) is 5.56 Å². The lowest BCUT2D eigenvalue weighted by Gasteiger charge is -2.25. The van der Waals surface area contributed by atoms with E-state index in [0.29, 0.717) is 25.4 Å². The number of hydrogen-bond acceptors (Lipinski definition) is 4. The zero-order chi connectivity index (χ0) is 12.8. The fourth-order valence-electron chi connectivity index (χ4n) is 1.93. The van der Waals surface area contributed by atoms with Crippen LogP contribution in [0, 0.1) is 11.3 Å². The molecule has 0 aliphatic carbocycles. The Hall–Kier alpha value is -1.41. The van der Waals surface area contributed by atoms with Crippen molar-refractivity contribution < 1.29 is 9.47 Å². The van der Waals surface area contributed by atoms with Crippen molar-refractivity contribution in [2.45, 2.75) is 19.1 Å². The van der Waals surface area contributed by atoms with E-state index in [2.05, 4.69) is 18.3 Å². The van der Waals surface area contributed by atoms with Crippen LogP contribution in [0.4, 0.5) is 0 Å². The van der Waals surface area contributed by atoms with Crippen molar-refractivity contribution in [3.05, 3.63) is 35.4 Å². The highest BCUT2D eigenvalue weighted by atomic mass is 16.6. The van der Waals surface area contributed by atoms with E-state index in [1.54, 1.807) is 0 Å². The van der Waals surface area contributed by atoms with Crippen LogP contribution in [0.2, 0.25) is 0 Å². The van der Waals surface area contributed by atoms with Gasteiger partial charge in [0.05, 0.1) is 37.6 Å². The maximum absolute atomic E-state index is 8.74. The molecule has 1 aliphatic heterocycles. The lowest BCUT2D eigenvalue weighted by Crippen LogP contribution is -2.38. The largest absolute Gasteiger partial charge is 0.376 e. The predicted molar refractivity (Wildman–Crippen MR) is 68.1 cm³/mol. The van der Waals surface area contributed by atoms with E-state index in [9.17, 15) is 0 Å². The second-order valence-corrected chi connectivity index (χ2v) is 4.43. The van der Waals surface area contributed by atoms with Crippen molar-refractivity contribution in [2.75, 3.05) is 26.4 Å². The van der Waals surface area contributed by atoms with E-state index in [1.807, 2.05) is 24.3 Å². The van der Waals surface area contributed by atoms with Crippen LogP contribution in [0.1, 0.15) is 24.1 Å². The zero-order valence-electron chi connectivity index (χ0n) is 10.6. The molecular formula is C14H18N2O2. The SMILES string of the molecule is CC(NCC1COCCO1)c1ccc(C#N)cc1. The summed E-state index contributed by atoms with van der Waals surface area (Å²) in [5.74, 6) is 0. The minimum atomic E-state index is 0.139. The highest BCUT2D eigenvalue weighted by molar-refractivity contribution is 5.32. The number of nitriles is 1. The molecule has 1 aliphatic rings. The van der Waals surface area contributed by atoms with Gasteiger partial charge in [-0.15, -0.1) is 0 Å². The number of rotatable bonds is 4. The van der Waals surface area contributed by atoms with Crippen molar-refractivity contribution in [1.29, 1.82) is 5.26 Å². The van der Waals surface area contributed by atoms with Gasteiger partial charge in [0, 0.05) is 12.6 Å². The minimum absolute atomic E-state index is 0.139. The van der Waals surface area contributed by atoms with E-state index in [0.717, 1.165) is 6.54 Å². The van der Waals surface area contributed by atoms with E-state index >= 15 is 0 Å². The Balaban J connectivity index is 1.83. The van der Waals surface area contributed by atoms with Gasteiger partial charge in [0.15, 0.2) is 0 Å². The molecule has 0 aromatic heterocycles. The van der Waals surface area contributed by atoms with Gasteiger partial charge in [0.1, 0.15) is 0 Å². The molecule has 96 valence electrons. The molecule has 0 amide bonds. The fraction of sp³-hybridized carbons (Fsp3) is 0.500. The van der Waals surface area contributed by atoms with Gasteiger partial charge in [0.2, 0.25) is 0 Å². The first kappa shape index (κ1) is 13.0. The van der Waals surface area contributed by atoms with Crippen LogP contribution in [0.3, 0.4) is 0 Å². The third kappa shape index (κ3) is 3.54. The van der Waals surface area contributed by atoms with Crippen LogP contribution in [0.15, 0.2) is 24.3 Å². The molecule has 2 atom stereocenters. The van der Waals surface area contributed by atoms with Crippen molar-refractivity contribution in [3.8, 4) is 6.07 Å². The molecule has 2 unspecified atom stereocenters. The summed E-state index contributed by atoms with van der Waals surface area (Å²) < 4.78 is 10.9. The Morgan fingerprint density at radius 3 is 2.78 bits per heavy atom. The van der Waals surface area contributed by atoms with Crippen LogP contribution >= 0.6 is 0 Å². The first-order valence-electron chi connectivity index (χ1n) is 6.22. The number of nitrogens with zero attached hydrogens (tertiary/aromatic N) is 1. The Morgan fingerprint density at radius 1 is 1.39 bits per heavy atom. The average Bonchev–Trinajstić information content (AvgIpc) is 2.46. The first-order chi connectivity index (χ1) is 8.79. The maximum atomic E-state index is 8.74. The van der Waals surface area contributed by atoms with Crippen molar-refractivity contribution in [2.24, 2.45) is 0 Å². The highest BCUT2D eigenvalue weighted by Gasteiger charge is 2.15. The third-order valence-corrected chi connectivity index (χ3v) is 3.08. The summed E-state index contributed by atoms with van der Waals surface area (Å²) >= 11 is 0. The van der Waals surface area contributed by atoms with Crippen LogP contribution in [0.25, 0.3) is 0 Å². The second-order valence-electron chi connectivity index (χ2n) is 4.43. The molecule has 2 rings (SSSR count). The van der Waals surface area contributed by atoms with Crippen molar-refractivity contribution >= 4 is 0 Å². The third-order valence-electron chi connectivity index (χ3n) is 3.08. The summed E-state index contributed by atoms with van der Waals surface area (Å²) in [5, 5.41) is 12.2. The highest BCUT2D eigenvalue weighted by Crippen LogP contribution is 2.13. The molecule has 4 heteroatoms. The Kier molecular flexibility index (Phi) is 4.71. The van der Waals surface area contributed by atoms with Crippen LogP contribution in [0.5, 0.6) is 0 Å². The van der Waals surface area contributed by atoms with E-state index in [-0.39, 0.29) is 12.1 Å². The van der Waals surface area contributed by atoms with Crippen molar-refractivity contribution in [3.63, 3.8) is 0 Å². The van der Waals surface area contributed by atoms with Gasteiger partial charge in [-0.25, -0.2) is 0 Å². The molecule has 1 heterocycles. The normalized spacial score (nSPS) is 21.2. The van der Waals surface area contributed by atoms with Gasteiger partial charge in [-0.1, -0.05) is 12.1 Å². The average molecular weight is 246 g/mol. The smallest absolute Gasteiger partial charge is 0.0991 e. The molecule has 1 aromatic carbocycles.